The Labute approximate surface area is 100 Å². The van der Waals surface area contributed by atoms with E-state index in [0.717, 1.165) is 12.3 Å². The van der Waals surface area contributed by atoms with E-state index in [4.69, 9.17) is 0 Å². The van der Waals surface area contributed by atoms with E-state index in [1.165, 1.54) is 44.9 Å². The molecule has 0 unspecified atom stereocenters. The Morgan fingerprint density at radius 3 is 1.87 bits per heavy atom. The van der Waals surface area contributed by atoms with Crippen LogP contribution in [0.3, 0.4) is 0 Å². The average Bonchev–Trinajstić information content (AvgIpc) is 2.14. The van der Waals surface area contributed by atoms with Crippen LogP contribution in [-0.4, -0.2) is 5.12 Å². The highest BCUT2D eigenvalue weighted by atomic mass is 32.1. The molecule has 90 valence electrons. The normalized spacial score (nSPS) is 10.9. The van der Waals surface area contributed by atoms with Gasteiger partial charge in [0.05, 0.1) is 0 Å². The largest absolute Gasteiger partial charge is 0.288 e. The number of rotatable bonds is 10. The first-order valence-electron chi connectivity index (χ1n) is 6.34. The van der Waals surface area contributed by atoms with E-state index >= 15 is 0 Å². The van der Waals surface area contributed by atoms with Gasteiger partial charge < -0.3 is 0 Å². The lowest BCUT2D eigenvalue weighted by Crippen LogP contribution is -1.88. The zero-order chi connectivity index (χ0) is 11.5. The van der Waals surface area contributed by atoms with Crippen molar-refractivity contribution in [1.82, 2.24) is 0 Å². The first-order valence-corrected chi connectivity index (χ1v) is 6.79. The number of carbonyl (C=O) groups excluding carboxylic acids is 1. The second kappa shape index (κ2) is 10.5. The first kappa shape index (κ1) is 15.0. The molecule has 0 N–H and O–H groups in total. The van der Waals surface area contributed by atoms with Crippen LogP contribution >= 0.6 is 12.6 Å². The predicted molar refractivity (Wildman–Crippen MR) is 70.4 cm³/mol. The summed E-state index contributed by atoms with van der Waals surface area (Å²) < 4.78 is 0. The monoisotopic (exact) mass is 230 g/mol. The van der Waals surface area contributed by atoms with Crippen molar-refractivity contribution in [2.45, 2.75) is 71.6 Å². The smallest absolute Gasteiger partial charge is 0.185 e. The molecular formula is C13H26OS. The van der Waals surface area contributed by atoms with Crippen molar-refractivity contribution in [1.29, 1.82) is 0 Å². The van der Waals surface area contributed by atoms with Gasteiger partial charge in [0.2, 0.25) is 0 Å². The molecule has 15 heavy (non-hydrogen) atoms. The molecule has 0 aromatic heterocycles. The summed E-state index contributed by atoms with van der Waals surface area (Å²) in [6.07, 6.45) is 11.0. The fraction of sp³-hybridized carbons (Fsp3) is 0.923. The Hall–Kier alpha value is 0.0200. The first-order chi connectivity index (χ1) is 7.13. The summed E-state index contributed by atoms with van der Waals surface area (Å²) in [5.74, 6) is 0.853. The third kappa shape index (κ3) is 14.0. The molecule has 0 saturated heterocycles. The molecule has 0 bridgehead atoms. The Morgan fingerprint density at radius 1 is 0.933 bits per heavy atom. The highest BCUT2D eigenvalue weighted by molar-refractivity contribution is 7.96. The van der Waals surface area contributed by atoms with Gasteiger partial charge in [-0.3, -0.25) is 4.79 Å². The maximum absolute atomic E-state index is 10.5. The summed E-state index contributed by atoms with van der Waals surface area (Å²) in [6, 6.07) is 0. The van der Waals surface area contributed by atoms with Crippen LogP contribution in [0.25, 0.3) is 0 Å². The second-order valence-corrected chi connectivity index (χ2v) is 5.30. The van der Waals surface area contributed by atoms with Crippen LogP contribution in [0, 0.1) is 5.92 Å². The molecule has 0 heterocycles. The molecule has 0 aliphatic carbocycles. The van der Waals surface area contributed by atoms with Gasteiger partial charge in [-0.25, -0.2) is 0 Å². The predicted octanol–water partition coefficient (Wildman–Crippen LogP) is 4.61. The number of carbonyl (C=O) groups is 1. The van der Waals surface area contributed by atoms with Crippen LogP contribution in [-0.2, 0) is 4.79 Å². The minimum atomic E-state index is 0.0342. The van der Waals surface area contributed by atoms with Crippen LogP contribution in [0.1, 0.15) is 71.6 Å². The molecule has 0 aliphatic rings. The molecule has 0 aromatic carbocycles. The molecule has 0 rings (SSSR count). The van der Waals surface area contributed by atoms with Gasteiger partial charge in [0.1, 0.15) is 0 Å². The number of hydrogen-bond acceptors (Lipinski definition) is 1. The molecule has 0 aromatic rings. The molecule has 0 atom stereocenters. The van der Waals surface area contributed by atoms with E-state index in [-0.39, 0.29) is 5.12 Å². The second-order valence-electron chi connectivity index (χ2n) is 4.80. The fourth-order valence-corrected chi connectivity index (χ4v) is 1.87. The lowest BCUT2D eigenvalue weighted by Gasteiger charge is -2.04. The minimum absolute atomic E-state index is 0.0342. The lowest BCUT2D eigenvalue weighted by molar-refractivity contribution is -0.110. The van der Waals surface area contributed by atoms with Gasteiger partial charge in [0.15, 0.2) is 5.12 Å². The van der Waals surface area contributed by atoms with Crippen molar-refractivity contribution in [3.05, 3.63) is 0 Å². The number of unbranched alkanes of at least 4 members (excludes halogenated alkanes) is 6. The van der Waals surface area contributed by atoms with Gasteiger partial charge in [-0.05, 0) is 12.3 Å². The minimum Gasteiger partial charge on any atom is -0.288 e. The molecular weight excluding hydrogens is 204 g/mol. The van der Waals surface area contributed by atoms with E-state index in [1.54, 1.807) is 0 Å². The Morgan fingerprint density at radius 2 is 1.40 bits per heavy atom. The van der Waals surface area contributed by atoms with E-state index < -0.39 is 0 Å². The van der Waals surface area contributed by atoms with Crippen LogP contribution in [0.15, 0.2) is 0 Å². The lowest BCUT2D eigenvalue weighted by atomic mass is 10.0. The van der Waals surface area contributed by atoms with Crippen molar-refractivity contribution in [3.8, 4) is 0 Å². The molecule has 0 aliphatic heterocycles. The fourth-order valence-electron chi connectivity index (χ4n) is 1.71. The van der Waals surface area contributed by atoms with Gasteiger partial charge >= 0.3 is 0 Å². The maximum atomic E-state index is 10.5. The highest BCUT2D eigenvalue weighted by Crippen LogP contribution is 2.12. The van der Waals surface area contributed by atoms with Crippen molar-refractivity contribution >= 4 is 17.7 Å². The van der Waals surface area contributed by atoms with Gasteiger partial charge in [-0.15, -0.1) is 12.6 Å². The number of thiol groups is 1. The van der Waals surface area contributed by atoms with Crippen molar-refractivity contribution in [2.24, 2.45) is 5.92 Å². The zero-order valence-electron chi connectivity index (χ0n) is 10.3. The third-order valence-corrected chi connectivity index (χ3v) is 2.90. The Balaban J connectivity index is 2.96. The van der Waals surface area contributed by atoms with Crippen molar-refractivity contribution in [3.63, 3.8) is 0 Å². The molecule has 1 nitrogen and oxygen atoms in total. The van der Waals surface area contributed by atoms with Crippen molar-refractivity contribution in [2.75, 3.05) is 0 Å². The summed E-state index contributed by atoms with van der Waals surface area (Å²) in [4.78, 5) is 10.5. The summed E-state index contributed by atoms with van der Waals surface area (Å²) >= 11 is 3.75. The van der Waals surface area contributed by atoms with E-state index in [9.17, 15) is 4.79 Å². The third-order valence-electron chi connectivity index (χ3n) is 2.67. The quantitative estimate of drug-likeness (QED) is 0.428. The molecule has 0 fully saturated rings. The van der Waals surface area contributed by atoms with Crippen LogP contribution in [0.2, 0.25) is 0 Å². The van der Waals surface area contributed by atoms with E-state index in [0.29, 0.717) is 6.42 Å². The van der Waals surface area contributed by atoms with Crippen molar-refractivity contribution < 1.29 is 4.79 Å². The summed E-state index contributed by atoms with van der Waals surface area (Å²) in [5, 5.41) is 0.0342. The van der Waals surface area contributed by atoms with Gasteiger partial charge in [0.25, 0.3) is 0 Å². The standard InChI is InChI=1S/C13H26OS/c1-12(2)10-8-6-4-3-5-7-9-11-13(14)15/h12H,3-11H2,1-2H3,(H,14,15). The van der Waals surface area contributed by atoms with Gasteiger partial charge in [0, 0.05) is 6.42 Å². The summed E-state index contributed by atoms with van der Waals surface area (Å²) in [6.45, 7) is 4.57. The topological polar surface area (TPSA) is 17.1 Å². The molecule has 2 heteroatoms. The molecule has 0 spiro atoms. The van der Waals surface area contributed by atoms with Gasteiger partial charge in [-0.2, -0.15) is 0 Å². The SMILES string of the molecule is CC(C)CCCCCCCCCC(=O)S. The maximum Gasteiger partial charge on any atom is 0.185 e. The van der Waals surface area contributed by atoms with Crippen LogP contribution in [0.5, 0.6) is 0 Å². The Kier molecular flexibility index (Phi) is 10.5. The Bertz CT molecular complexity index is 155. The zero-order valence-corrected chi connectivity index (χ0v) is 11.2. The van der Waals surface area contributed by atoms with E-state index in [2.05, 4.69) is 26.5 Å². The molecule has 0 radical (unpaired) electrons. The summed E-state index contributed by atoms with van der Waals surface area (Å²) in [7, 11) is 0. The van der Waals surface area contributed by atoms with Crippen LogP contribution < -0.4 is 0 Å². The van der Waals surface area contributed by atoms with Crippen LogP contribution in [0.4, 0.5) is 0 Å². The molecule has 0 saturated carbocycles. The highest BCUT2D eigenvalue weighted by Gasteiger charge is 1.96. The van der Waals surface area contributed by atoms with E-state index in [1.807, 2.05) is 0 Å². The average molecular weight is 230 g/mol. The number of hydrogen-bond donors (Lipinski definition) is 1. The van der Waals surface area contributed by atoms with Gasteiger partial charge in [-0.1, -0.05) is 58.8 Å². The summed E-state index contributed by atoms with van der Waals surface area (Å²) in [5.41, 5.74) is 0. The molecule has 0 amide bonds.